The van der Waals surface area contributed by atoms with E-state index in [1.54, 1.807) is 19.3 Å². The minimum atomic E-state index is -0.175. The van der Waals surface area contributed by atoms with Crippen LogP contribution >= 0.6 is 27.3 Å². The first-order chi connectivity index (χ1) is 9.10. The highest BCUT2D eigenvalue weighted by molar-refractivity contribution is 9.10. The van der Waals surface area contributed by atoms with Crippen molar-refractivity contribution in [3.05, 3.63) is 38.4 Å². The Bertz CT molecular complexity index is 599. The van der Waals surface area contributed by atoms with Crippen molar-refractivity contribution in [1.82, 2.24) is 15.3 Å². The van der Waals surface area contributed by atoms with Gasteiger partial charge in [-0.3, -0.25) is 4.79 Å². The predicted octanol–water partition coefficient (Wildman–Crippen LogP) is 2.58. The summed E-state index contributed by atoms with van der Waals surface area (Å²) in [6.45, 7) is 2.35. The lowest BCUT2D eigenvalue weighted by Gasteiger charge is -2.08. The first-order valence-electron chi connectivity index (χ1n) is 5.62. The minimum absolute atomic E-state index is 0.175. The normalized spacial score (nSPS) is 10.3. The van der Waals surface area contributed by atoms with E-state index in [-0.39, 0.29) is 5.91 Å². The topological polar surface area (TPSA) is 66.9 Å². The van der Waals surface area contributed by atoms with E-state index >= 15 is 0 Å². The number of carbonyl (C=O) groups excluding carboxylic acids is 1. The molecular weight excluding hydrogens is 328 g/mol. The number of nitrogens with one attached hydrogen (secondary N) is 2. The third-order valence-electron chi connectivity index (χ3n) is 2.40. The van der Waals surface area contributed by atoms with Gasteiger partial charge in [0.15, 0.2) is 0 Å². The number of halogens is 1. The molecule has 0 spiro atoms. The summed E-state index contributed by atoms with van der Waals surface area (Å²) in [5.41, 5.74) is 1.47. The van der Waals surface area contributed by atoms with Crippen LogP contribution in [0.25, 0.3) is 0 Å². The number of carbonyl (C=O) groups is 1. The molecule has 0 saturated heterocycles. The maximum absolute atomic E-state index is 12.1. The summed E-state index contributed by atoms with van der Waals surface area (Å²) in [6.07, 6.45) is 1.65. The minimum Gasteiger partial charge on any atom is -0.372 e. The van der Waals surface area contributed by atoms with Crippen molar-refractivity contribution >= 4 is 39.0 Å². The van der Waals surface area contributed by atoms with Crippen LogP contribution < -0.4 is 10.6 Å². The number of hydrogen-bond acceptors (Lipinski definition) is 5. The Morgan fingerprint density at radius 1 is 1.53 bits per heavy atom. The zero-order chi connectivity index (χ0) is 13.8. The van der Waals surface area contributed by atoms with E-state index in [0.29, 0.717) is 17.9 Å². The highest BCUT2D eigenvalue weighted by Crippen LogP contribution is 2.18. The number of thiazole rings is 1. The lowest BCUT2D eigenvalue weighted by Crippen LogP contribution is -2.24. The number of aryl methyl sites for hydroxylation is 1. The molecule has 0 saturated carbocycles. The number of hydrogen-bond donors (Lipinski definition) is 2. The quantitative estimate of drug-likeness (QED) is 0.897. The van der Waals surface area contributed by atoms with Gasteiger partial charge in [0.05, 0.1) is 12.1 Å². The SMILES string of the molecule is CNc1ncc(Br)cc1C(=O)NCc1nc(C)cs1. The molecule has 0 atom stereocenters. The van der Waals surface area contributed by atoms with Crippen LogP contribution in [-0.4, -0.2) is 22.9 Å². The molecule has 0 aliphatic heterocycles. The number of aromatic nitrogens is 2. The standard InChI is InChI=1S/C12H13BrN4OS/c1-7-6-19-10(17-7)5-16-12(18)9-3-8(13)4-15-11(9)14-2/h3-4,6H,5H2,1-2H3,(H,14,15)(H,16,18). The molecule has 5 nitrogen and oxygen atoms in total. The summed E-state index contributed by atoms with van der Waals surface area (Å²) in [6, 6.07) is 1.74. The lowest BCUT2D eigenvalue weighted by molar-refractivity contribution is 0.0951. The lowest BCUT2D eigenvalue weighted by atomic mass is 10.2. The van der Waals surface area contributed by atoms with Gasteiger partial charge in [0.1, 0.15) is 10.8 Å². The van der Waals surface area contributed by atoms with Crippen LogP contribution in [0.15, 0.2) is 22.1 Å². The second-order valence-corrected chi connectivity index (χ2v) is 5.72. The predicted molar refractivity (Wildman–Crippen MR) is 79.5 cm³/mol. The Kier molecular flexibility index (Phi) is 4.49. The molecule has 0 unspecified atom stereocenters. The third kappa shape index (κ3) is 3.51. The van der Waals surface area contributed by atoms with Crippen molar-refractivity contribution in [3.8, 4) is 0 Å². The molecule has 2 heterocycles. The van der Waals surface area contributed by atoms with Crippen molar-refractivity contribution in [2.75, 3.05) is 12.4 Å². The zero-order valence-electron chi connectivity index (χ0n) is 10.5. The van der Waals surface area contributed by atoms with Gasteiger partial charge in [-0.25, -0.2) is 9.97 Å². The van der Waals surface area contributed by atoms with Gasteiger partial charge >= 0.3 is 0 Å². The van der Waals surface area contributed by atoms with Crippen molar-refractivity contribution in [2.45, 2.75) is 13.5 Å². The molecule has 0 aromatic carbocycles. The fourth-order valence-corrected chi connectivity index (χ4v) is 2.59. The monoisotopic (exact) mass is 340 g/mol. The molecule has 19 heavy (non-hydrogen) atoms. The average molecular weight is 341 g/mol. The summed E-state index contributed by atoms with van der Waals surface area (Å²) >= 11 is 4.85. The molecule has 1 amide bonds. The van der Waals surface area contributed by atoms with Crippen molar-refractivity contribution in [2.24, 2.45) is 0 Å². The smallest absolute Gasteiger partial charge is 0.255 e. The number of amides is 1. The van der Waals surface area contributed by atoms with E-state index in [1.165, 1.54) is 11.3 Å². The van der Waals surface area contributed by atoms with E-state index < -0.39 is 0 Å². The molecule has 2 aromatic rings. The summed E-state index contributed by atoms with van der Waals surface area (Å²) in [5, 5.41) is 8.59. The van der Waals surface area contributed by atoms with E-state index in [2.05, 4.69) is 36.5 Å². The van der Waals surface area contributed by atoms with Gasteiger partial charge in [-0.05, 0) is 28.9 Å². The summed E-state index contributed by atoms with van der Waals surface area (Å²) in [7, 11) is 1.73. The van der Waals surface area contributed by atoms with Crippen LogP contribution in [0.3, 0.4) is 0 Å². The zero-order valence-corrected chi connectivity index (χ0v) is 12.9. The van der Waals surface area contributed by atoms with Crippen LogP contribution in [-0.2, 0) is 6.54 Å². The maximum Gasteiger partial charge on any atom is 0.255 e. The molecule has 0 bridgehead atoms. The van der Waals surface area contributed by atoms with Gasteiger partial charge in [-0.15, -0.1) is 11.3 Å². The van der Waals surface area contributed by atoms with Crippen molar-refractivity contribution in [1.29, 1.82) is 0 Å². The van der Waals surface area contributed by atoms with Gasteiger partial charge in [0.2, 0.25) is 0 Å². The molecular formula is C12H13BrN4OS. The molecule has 2 N–H and O–H groups in total. The first kappa shape index (κ1) is 14.0. The largest absolute Gasteiger partial charge is 0.372 e. The number of nitrogens with zero attached hydrogens (tertiary/aromatic N) is 2. The third-order valence-corrected chi connectivity index (χ3v) is 3.80. The number of anilines is 1. The number of rotatable bonds is 4. The van der Waals surface area contributed by atoms with Crippen LogP contribution in [0.2, 0.25) is 0 Å². The first-order valence-corrected chi connectivity index (χ1v) is 7.30. The Balaban J connectivity index is 2.09. The number of pyridine rings is 1. The fraction of sp³-hybridized carbons (Fsp3) is 0.250. The maximum atomic E-state index is 12.1. The average Bonchev–Trinajstić information content (AvgIpc) is 2.81. The Hall–Kier alpha value is -1.47. The highest BCUT2D eigenvalue weighted by atomic mass is 79.9. The van der Waals surface area contributed by atoms with Crippen LogP contribution in [0, 0.1) is 6.92 Å². The molecule has 2 aromatic heterocycles. The van der Waals surface area contributed by atoms with E-state index in [1.807, 2.05) is 12.3 Å². The Morgan fingerprint density at radius 3 is 2.95 bits per heavy atom. The van der Waals surface area contributed by atoms with Crippen LogP contribution in [0.1, 0.15) is 21.1 Å². The van der Waals surface area contributed by atoms with Gasteiger partial charge in [-0.2, -0.15) is 0 Å². The van der Waals surface area contributed by atoms with E-state index in [0.717, 1.165) is 15.2 Å². The second kappa shape index (κ2) is 6.12. The molecule has 100 valence electrons. The fourth-order valence-electron chi connectivity index (χ4n) is 1.55. The van der Waals surface area contributed by atoms with Crippen molar-refractivity contribution < 1.29 is 4.79 Å². The highest BCUT2D eigenvalue weighted by Gasteiger charge is 2.13. The second-order valence-electron chi connectivity index (χ2n) is 3.87. The molecule has 7 heteroatoms. The van der Waals surface area contributed by atoms with Gasteiger partial charge in [-0.1, -0.05) is 0 Å². The summed E-state index contributed by atoms with van der Waals surface area (Å²) < 4.78 is 0.766. The van der Waals surface area contributed by atoms with Crippen LogP contribution in [0.5, 0.6) is 0 Å². The van der Waals surface area contributed by atoms with Gasteiger partial charge in [0.25, 0.3) is 5.91 Å². The van der Waals surface area contributed by atoms with Crippen molar-refractivity contribution in [3.63, 3.8) is 0 Å². The van der Waals surface area contributed by atoms with Gasteiger partial charge in [0, 0.05) is 28.8 Å². The Morgan fingerprint density at radius 2 is 2.32 bits per heavy atom. The van der Waals surface area contributed by atoms with E-state index in [9.17, 15) is 4.79 Å². The Labute approximate surface area is 123 Å². The van der Waals surface area contributed by atoms with Gasteiger partial charge < -0.3 is 10.6 Å². The van der Waals surface area contributed by atoms with Crippen LogP contribution in [0.4, 0.5) is 5.82 Å². The van der Waals surface area contributed by atoms with E-state index in [4.69, 9.17) is 0 Å². The molecule has 0 aliphatic carbocycles. The molecule has 0 radical (unpaired) electrons. The molecule has 2 rings (SSSR count). The molecule has 0 fully saturated rings. The summed E-state index contributed by atoms with van der Waals surface area (Å²) in [4.78, 5) is 20.6. The summed E-state index contributed by atoms with van der Waals surface area (Å²) in [5.74, 6) is 0.377. The molecule has 0 aliphatic rings.